The lowest BCUT2D eigenvalue weighted by Gasteiger charge is -2.21. The van der Waals surface area contributed by atoms with Gasteiger partial charge >= 0.3 is 0 Å². The lowest BCUT2D eigenvalue weighted by Crippen LogP contribution is -2.27. The number of hydrogen-bond acceptors (Lipinski definition) is 4. The fraction of sp³-hybridized carbons (Fsp3) is 0.238. The van der Waals surface area contributed by atoms with Crippen LogP contribution >= 0.6 is 0 Å². The first-order valence-corrected chi connectivity index (χ1v) is 8.75. The van der Waals surface area contributed by atoms with Crippen molar-refractivity contribution in [1.82, 2.24) is 15.3 Å². The van der Waals surface area contributed by atoms with E-state index in [0.717, 1.165) is 54.5 Å². The molecule has 4 nitrogen and oxygen atoms in total. The van der Waals surface area contributed by atoms with Crippen LogP contribution in [0.1, 0.15) is 24.6 Å². The number of nitrogens with one attached hydrogen (secondary N) is 1. The Morgan fingerprint density at radius 1 is 0.840 bits per heavy atom. The van der Waals surface area contributed by atoms with E-state index < -0.39 is 0 Å². The summed E-state index contributed by atoms with van der Waals surface area (Å²) in [6.07, 6.45) is 4.08. The van der Waals surface area contributed by atoms with Gasteiger partial charge in [0.2, 0.25) is 0 Å². The van der Waals surface area contributed by atoms with Gasteiger partial charge in [-0.2, -0.15) is 0 Å². The highest BCUT2D eigenvalue weighted by molar-refractivity contribution is 5.60. The van der Waals surface area contributed by atoms with Crippen molar-refractivity contribution in [3.63, 3.8) is 0 Å². The van der Waals surface area contributed by atoms with E-state index >= 15 is 0 Å². The van der Waals surface area contributed by atoms with Crippen molar-refractivity contribution in [2.45, 2.75) is 18.8 Å². The molecule has 2 aromatic carbocycles. The first-order chi connectivity index (χ1) is 12.4. The summed E-state index contributed by atoms with van der Waals surface area (Å²) in [7, 11) is 0. The van der Waals surface area contributed by atoms with Crippen LogP contribution in [0.2, 0.25) is 0 Å². The number of aromatic nitrogens is 2. The number of nitrogens with zero attached hydrogens (tertiary/aromatic N) is 2. The van der Waals surface area contributed by atoms with Gasteiger partial charge in [0.1, 0.15) is 17.3 Å². The summed E-state index contributed by atoms with van der Waals surface area (Å²) >= 11 is 0. The van der Waals surface area contributed by atoms with Crippen LogP contribution in [0.25, 0.3) is 11.3 Å². The van der Waals surface area contributed by atoms with Gasteiger partial charge in [0.15, 0.2) is 0 Å². The minimum Gasteiger partial charge on any atom is -0.457 e. The first kappa shape index (κ1) is 15.8. The zero-order chi connectivity index (χ0) is 16.9. The van der Waals surface area contributed by atoms with Crippen molar-refractivity contribution in [2.75, 3.05) is 13.1 Å². The van der Waals surface area contributed by atoms with Crippen LogP contribution in [-0.4, -0.2) is 23.1 Å². The standard InChI is InChI=1S/C21H21N3O/c1-2-4-18(5-3-1)25-19-8-6-16(7-9-19)20-12-15-23-21(24-20)17-10-13-22-14-11-17/h1-9,12,15,17,22H,10-11,13-14H2. The van der Waals surface area contributed by atoms with Gasteiger partial charge in [-0.25, -0.2) is 9.97 Å². The zero-order valence-corrected chi connectivity index (χ0v) is 14.1. The zero-order valence-electron chi connectivity index (χ0n) is 14.1. The maximum absolute atomic E-state index is 5.85. The molecule has 0 bridgehead atoms. The average Bonchev–Trinajstić information content (AvgIpc) is 2.70. The van der Waals surface area contributed by atoms with Gasteiger partial charge in [-0.05, 0) is 68.4 Å². The maximum atomic E-state index is 5.85. The van der Waals surface area contributed by atoms with Gasteiger partial charge in [0.05, 0.1) is 5.69 Å². The molecule has 0 unspecified atom stereocenters. The highest BCUT2D eigenvalue weighted by atomic mass is 16.5. The van der Waals surface area contributed by atoms with Crippen LogP contribution in [0, 0.1) is 0 Å². The summed E-state index contributed by atoms with van der Waals surface area (Å²) < 4.78 is 5.85. The second-order valence-corrected chi connectivity index (χ2v) is 6.26. The SMILES string of the molecule is c1ccc(Oc2ccc(-c3ccnc(C4CCNCC4)n3)cc2)cc1. The molecule has 3 aromatic rings. The van der Waals surface area contributed by atoms with Crippen molar-refractivity contribution in [3.05, 3.63) is 72.7 Å². The van der Waals surface area contributed by atoms with E-state index in [2.05, 4.69) is 10.3 Å². The average molecular weight is 331 g/mol. The number of rotatable bonds is 4. The second kappa shape index (κ2) is 7.45. The Morgan fingerprint density at radius 3 is 2.32 bits per heavy atom. The first-order valence-electron chi connectivity index (χ1n) is 8.75. The van der Waals surface area contributed by atoms with Gasteiger partial charge in [0.25, 0.3) is 0 Å². The number of piperidine rings is 1. The molecule has 126 valence electrons. The minimum absolute atomic E-state index is 0.460. The molecule has 4 rings (SSSR count). The molecule has 4 heteroatoms. The van der Waals surface area contributed by atoms with Gasteiger partial charge in [-0.3, -0.25) is 0 Å². The van der Waals surface area contributed by atoms with Crippen molar-refractivity contribution in [2.24, 2.45) is 0 Å². The van der Waals surface area contributed by atoms with Crippen molar-refractivity contribution >= 4 is 0 Å². The Hall–Kier alpha value is -2.72. The van der Waals surface area contributed by atoms with Gasteiger partial charge in [0, 0.05) is 17.7 Å². The van der Waals surface area contributed by atoms with Crippen LogP contribution in [0.3, 0.4) is 0 Å². The molecule has 1 aromatic heterocycles. The second-order valence-electron chi connectivity index (χ2n) is 6.26. The highest BCUT2D eigenvalue weighted by Gasteiger charge is 2.18. The number of ether oxygens (including phenoxy) is 1. The molecule has 0 aliphatic carbocycles. The van der Waals surface area contributed by atoms with E-state index in [1.54, 1.807) is 0 Å². The summed E-state index contributed by atoms with van der Waals surface area (Å²) in [5.74, 6) is 3.08. The summed E-state index contributed by atoms with van der Waals surface area (Å²) in [6, 6.07) is 19.8. The molecule has 25 heavy (non-hydrogen) atoms. The summed E-state index contributed by atoms with van der Waals surface area (Å²) in [5.41, 5.74) is 2.05. The van der Waals surface area contributed by atoms with Crippen LogP contribution in [0.5, 0.6) is 11.5 Å². The normalized spacial score (nSPS) is 15.0. The summed E-state index contributed by atoms with van der Waals surface area (Å²) in [6.45, 7) is 2.09. The van der Waals surface area contributed by atoms with Gasteiger partial charge in [-0.1, -0.05) is 18.2 Å². The van der Waals surface area contributed by atoms with Crippen LogP contribution < -0.4 is 10.1 Å². The number of hydrogen-bond donors (Lipinski definition) is 1. The Morgan fingerprint density at radius 2 is 1.56 bits per heavy atom. The Balaban J connectivity index is 1.52. The third-order valence-electron chi connectivity index (χ3n) is 4.51. The Labute approximate surface area is 147 Å². The van der Waals surface area contributed by atoms with Gasteiger partial charge < -0.3 is 10.1 Å². The van der Waals surface area contributed by atoms with Crippen molar-refractivity contribution < 1.29 is 4.74 Å². The molecule has 1 aliphatic rings. The van der Waals surface area contributed by atoms with Crippen molar-refractivity contribution in [1.29, 1.82) is 0 Å². The molecule has 1 N–H and O–H groups in total. The lowest BCUT2D eigenvalue weighted by molar-refractivity contribution is 0.445. The highest BCUT2D eigenvalue weighted by Crippen LogP contribution is 2.27. The van der Waals surface area contributed by atoms with E-state index in [1.165, 1.54) is 0 Å². The topological polar surface area (TPSA) is 47.0 Å². The molecule has 1 saturated heterocycles. The van der Waals surface area contributed by atoms with Crippen molar-refractivity contribution in [3.8, 4) is 22.8 Å². The van der Waals surface area contributed by atoms with E-state index in [1.807, 2.05) is 66.9 Å². The Kier molecular flexibility index (Phi) is 4.70. The minimum atomic E-state index is 0.460. The quantitative estimate of drug-likeness (QED) is 0.769. The largest absolute Gasteiger partial charge is 0.457 e. The molecule has 0 radical (unpaired) electrons. The smallest absolute Gasteiger partial charge is 0.132 e. The summed E-state index contributed by atoms with van der Waals surface area (Å²) in [4.78, 5) is 9.30. The fourth-order valence-corrected chi connectivity index (χ4v) is 3.13. The third-order valence-corrected chi connectivity index (χ3v) is 4.51. The lowest BCUT2D eigenvalue weighted by atomic mass is 9.97. The molecule has 1 fully saturated rings. The number of benzene rings is 2. The predicted octanol–water partition coefficient (Wildman–Crippen LogP) is 4.40. The van der Waals surface area contributed by atoms with E-state index in [0.29, 0.717) is 5.92 Å². The Bertz CT molecular complexity index is 812. The maximum Gasteiger partial charge on any atom is 0.132 e. The van der Waals surface area contributed by atoms with E-state index in [9.17, 15) is 0 Å². The summed E-state index contributed by atoms with van der Waals surface area (Å²) in [5, 5.41) is 3.39. The molecule has 0 saturated carbocycles. The predicted molar refractivity (Wildman–Crippen MR) is 98.8 cm³/mol. The molecular weight excluding hydrogens is 310 g/mol. The van der Waals surface area contributed by atoms with Crippen LogP contribution in [0.15, 0.2) is 66.9 Å². The monoisotopic (exact) mass is 331 g/mol. The van der Waals surface area contributed by atoms with Gasteiger partial charge in [-0.15, -0.1) is 0 Å². The molecule has 0 amide bonds. The molecule has 0 spiro atoms. The van der Waals surface area contributed by atoms with Crippen LogP contribution in [0.4, 0.5) is 0 Å². The van der Waals surface area contributed by atoms with E-state index in [4.69, 9.17) is 9.72 Å². The third kappa shape index (κ3) is 3.86. The molecule has 2 heterocycles. The number of para-hydroxylation sites is 1. The van der Waals surface area contributed by atoms with Crippen LogP contribution in [-0.2, 0) is 0 Å². The molecule has 0 atom stereocenters. The molecule has 1 aliphatic heterocycles. The molecular formula is C21H21N3O. The fourth-order valence-electron chi connectivity index (χ4n) is 3.13. The van der Waals surface area contributed by atoms with E-state index in [-0.39, 0.29) is 0 Å².